The van der Waals surface area contributed by atoms with Crippen LogP contribution in [0.4, 0.5) is 0 Å². The van der Waals surface area contributed by atoms with Gasteiger partial charge < -0.3 is 14.9 Å². The van der Waals surface area contributed by atoms with Crippen LogP contribution in [0.5, 0.6) is 0 Å². The maximum atomic E-state index is 11.8. The van der Waals surface area contributed by atoms with Crippen molar-refractivity contribution in [2.75, 3.05) is 13.2 Å². The maximum Gasteiger partial charge on any atom is 0.338 e. The van der Waals surface area contributed by atoms with Crippen LogP contribution in [0.3, 0.4) is 0 Å². The van der Waals surface area contributed by atoms with Crippen LogP contribution in [0.15, 0.2) is 6.07 Å². The highest BCUT2D eigenvalue weighted by atomic mass is 16.5. The molecule has 0 amide bonds. The van der Waals surface area contributed by atoms with Crippen LogP contribution in [-0.4, -0.2) is 29.4 Å². The molecule has 0 aromatic heterocycles. The van der Waals surface area contributed by atoms with Gasteiger partial charge in [0, 0.05) is 11.8 Å². The van der Waals surface area contributed by atoms with Crippen molar-refractivity contribution in [3.05, 3.63) is 33.9 Å². The first kappa shape index (κ1) is 12.6. The van der Waals surface area contributed by atoms with Crippen molar-refractivity contribution in [3.8, 4) is 0 Å². The van der Waals surface area contributed by atoms with Crippen molar-refractivity contribution in [2.24, 2.45) is 5.41 Å². The minimum absolute atomic E-state index is 0.0720. The number of fused-ring (bicyclic) bond motifs is 2. The summed E-state index contributed by atoms with van der Waals surface area (Å²) in [6.45, 7) is 4.21. The van der Waals surface area contributed by atoms with E-state index in [0.717, 1.165) is 28.7 Å². The molecule has 0 bridgehead atoms. The van der Waals surface area contributed by atoms with Crippen LogP contribution in [0.2, 0.25) is 0 Å². The number of rotatable bonds is 1. The molecule has 1 aliphatic carbocycles. The number of benzene rings is 1. The quantitative estimate of drug-likeness (QED) is 0.749. The normalized spacial score (nSPS) is 28.8. The summed E-state index contributed by atoms with van der Waals surface area (Å²) in [7, 11) is 0. The standard InChI is InChI=1S/C15H18O4/c1-8-9-3-4-19-14(18)11(9)5-10-12(8)6-15(2,7-16)13(10)17/h5,13,16-17H,3-4,6-7H2,1-2H3/t13-,15-/m0/s1. The third-order valence-corrected chi connectivity index (χ3v) is 4.58. The van der Waals surface area contributed by atoms with Gasteiger partial charge in [-0.25, -0.2) is 4.79 Å². The number of carbonyl (C=O) groups excluding carboxylic acids is 1. The van der Waals surface area contributed by atoms with Gasteiger partial charge in [-0.2, -0.15) is 0 Å². The zero-order chi connectivity index (χ0) is 13.8. The Bertz CT molecular complexity index is 564. The van der Waals surface area contributed by atoms with Gasteiger partial charge in [-0.15, -0.1) is 0 Å². The van der Waals surface area contributed by atoms with Gasteiger partial charge in [0.15, 0.2) is 0 Å². The van der Waals surface area contributed by atoms with Crippen LogP contribution in [0, 0.1) is 12.3 Å². The van der Waals surface area contributed by atoms with Crippen molar-refractivity contribution in [3.63, 3.8) is 0 Å². The van der Waals surface area contributed by atoms with Gasteiger partial charge in [-0.05, 0) is 41.7 Å². The Labute approximate surface area is 112 Å². The van der Waals surface area contributed by atoms with Gasteiger partial charge >= 0.3 is 5.97 Å². The summed E-state index contributed by atoms with van der Waals surface area (Å²) in [5.41, 5.74) is 3.97. The maximum absolute atomic E-state index is 11.8. The lowest BCUT2D eigenvalue weighted by Crippen LogP contribution is -2.26. The molecule has 0 unspecified atom stereocenters. The molecule has 1 aromatic rings. The van der Waals surface area contributed by atoms with Crippen molar-refractivity contribution < 1.29 is 19.7 Å². The lowest BCUT2D eigenvalue weighted by Gasteiger charge is -2.25. The SMILES string of the molecule is Cc1c2c(cc3c1C[C@@](C)(CO)[C@H]3O)C(=O)OCC2. The molecule has 2 N–H and O–H groups in total. The number of esters is 1. The first-order valence-electron chi connectivity index (χ1n) is 6.59. The summed E-state index contributed by atoms with van der Waals surface area (Å²) in [6, 6.07) is 1.75. The largest absolute Gasteiger partial charge is 0.462 e. The molecule has 102 valence electrons. The molecule has 19 heavy (non-hydrogen) atoms. The number of aliphatic hydroxyl groups excluding tert-OH is 2. The Balaban J connectivity index is 2.19. The summed E-state index contributed by atoms with van der Waals surface area (Å²) < 4.78 is 5.06. The van der Waals surface area contributed by atoms with Crippen LogP contribution in [0.25, 0.3) is 0 Å². The van der Waals surface area contributed by atoms with E-state index in [0.29, 0.717) is 18.6 Å². The molecule has 2 aliphatic rings. The van der Waals surface area contributed by atoms with Gasteiger partial charge in [0.1, 0.15) is 0 Å². The lowest BCUT2D eigenvalue weighted by molar-refractivity contribution is 0.00778. The first-order chi connectivity index (χ1) is 8.98. The van der Waals surface area contributed by atoms with Crippen molar-refractivity contribution in [1.82, 2.24) is 0 Å². The van der Waals surface area contributed by atoms with Gasteiger partial charge in [-0.3, -0.25) is 0 Å². The monoisotopic (exact) mass is 262 g/mol. The Hall–Kier alpha value is -1.39. The van der Waals surface area contributed by atoms with Crippen LogP contribution < -0.4 is 0 Å². The number of hydrogen-bond donors (Lipinski definition) is 2. The van der Waals surface area contributed by atoms with E-state index in [1.54, 1.807) is 6.07 Å². The van der Waals surface area contributed by atoms with Crippen LogP contribution in [-0.2, 0) is 17.6 Å². The molecule has 3 rings (SSSR count). The van der Waals surface area contributed by atoms with Crippen LogP contribution >= 0.6 is 0 Å². The third-order valence-electron chi connectivity index (χ3n) is 4.58. The van der Waals surface area contributed by atoms with E-state index in [1.807, 2.05) is 13.8 Å². The second kappa shape index (κ2) is 4.05. The number of cyclic esters (lactones) is 1. The summed E-state index contributed by atoms with van der Waals surface area (Å²) >= 11 is 0. The van der Waals surface area contributed by atoms with Crippen molar-refractivity contribution >= 4 is 5.97 Å². The molecule has 2 atom stereocenters. The zero-order valence-corrected chi connectivity index (χ0v) is 11.2. The summed E-state index contributed by atoms with van der Waals surface area (Å²) in [5.74, 6) is -0.308. The minimum Gasteiger partial charge on any atom is -0.462 e. The average molecular weight is 262 g/mol. The van der Waals surface area contributed by atoms with E-state index in [2.05, 4.69) is 0 Å². The minimum atomic E-state index is -0.730. The fraction of sp³-hybridized carbons (Fsp3) is 0.533. The number of aliphatic hydroxyl groups is 2. The van der Waals surface area contributed by atoms with Gasteiger partial charge in [0.2, 0.25) is 0 Å². The van der Waals surface area contributed by atoms with E-state index < -0.39 is 11.5 Å². The van der Waals surface area contributed by atoms with E-state index >= 15 is 0 Å². The molecule has 0 saturated heterocycles. The third kappa shape index (κ3) is 1.63. The summed E-state index contributed by atoms with van der Waals surface area (Å²) in [4.78, 5) is 11.8. The molecular weight excluding hydrogens is 244 g/mol. The highest BCUT2D eigenvalue weighted by molar-refractivity contribution is 5.93. The molecule has 1 aromatic carbocycles. The second-order valence-electron chi connectivity index (χ2n) is 5.87. The van der Waals surface area contributed by atoms with Gasteiger partial charge in [0.05, 0.1) is 24.9 Å². The molecule has 0 saturated carbocycles. The molecule has 1 aliphatic heterocycles. The predicted octanol–water partition coefficient (Wildman–Crippen LogP) is 1.30. The van der Waals surface area contributed by atoms with E-state index in [1.165, 1.54) is 0 Å². The Morgan fingerprint density at radius 3 is 2.89 bits per heavy atom. The fourth-order valence-corrected chi connectivity index (χ4v) is 3.26. The molecule has 0 spiro atoms. The molecule has 4 heteroatoms. The summed E-state index contributed by atoms with van der Waals surface area (Å²) in [6.07, 6.45) is 0.645. The van der Waals surface area contributed by atoms with Crippen LogP contribution in [0.1, 0.15) is 45.6 Å². The molecular formula is C15H18O4. The Kier molecular flexibility index (Phi) is 2.69. The van der Waals surface area contributed by atoms with E-state index in [9.17, 15) is 15.0 Å². The summed E-state index contributed by atoms with van der Waals surface area (Å²) in [5, 5.41) is 19.9. The molecule has 0 radical (unpaired) electrons. The van der Waals surface area contributed by atoms with Crippen molar-refractivity contribution in [2.45, 2.75) is 32.8 Å². The highest BCUT2D eigenvalue weighted by Crippen LogP contribution is 2.47. The fourth-order valence-electron chi connectivity index (χ4n) is 3.26. The number of hydrogen-bond acceptors (Lipinski definition) is 4. The molecule has 1 heterocycles. The average Bonchev–Trinajstić information content (AvgIpc) is 2.66. The lowest BCUT2D eigenvalue weighted by atomic mass is 9.86. The Morgan fingerprint density at radius 1 is 1.47 bits per heavy atom. The highest BCUT2D eigenvalue weighted by Gasteiger charge is 2.43. The van der Waals surface area contributed by atoms with Gasteiger partial charge in [0.25, 0.3) is 0 Å². The topological polar surface area (TPSA) is 66.8 Å². The van der Waals surface area contributed by atoms with Gasteiger partial charge in [-0.1, -0.05) is 6.92 Å². The molecule has 4 nitrogen and oxygen atoms in total. The zero-order valence-electron chi connectivity index (χ0n) is 11.2. The van der Waals surface area contributed by atoms with Crippen molar-refractivity contribution in [1.29, 1.82) is 0 Å². The molecule has 0 fully saturated rings. The first-order valence-corrected chi connectivity index (χ1v) is 6.59. The van der Waals surface area contributed by atoms with E-state index in [4.69, 9.17) is 4.74 Å². The smallest absolute Gasteiger partial charge is 0.338 e. The van der Waals surface area contributed by atoms with E-state index in [-0.39, 0.29) is 12.6 Å². The Morgan fingerprint density at radius 2 is 2.21 bits per heavy atom. The number of ether oxygens (including phenoxy) is 1. The second-order valence-corrected chi connectivity index (χ2v) is 5.87. The predicted molar refractivity (Wildman–Crippen MR) is 69.0 cm³/mol. The number of carbonyl (C=O) groups is 1.